The van der Waals surface area contributed by atoms with Gasteiger partial charge in [-0.3, -0.25) is 9.59 Å². The maximum atomic E-state index is 12.0. The summed E-state index contributed by atoms with van der Waals surface area (Å²) in [6, 6.07) is 5.35. The lowest BCUT2D eigenvalue weighted by molar-refractivity contribution is -0.142. The molecular weight excluding hydrogens is 274 g/mol. The quantitative estimate of drug-likeness (QED) is 0.808. The molecule has 2 rings (SSSR count). The van der Waals surface area contributed by atoms with Crippen molar-refractivity contribution in [2.75, 3.05) is 19.9 Å². The molecule has 1 aliphatic heterocycles. The number of hydrogen-bond donors (Lipinski definition) is 1. The zero-order chi connectivity index (χ0) is 15.2. The largest absolute Gasteiger partial charge is 0.480 e. The van der Waals surface area contributed by atoms with Gasteiger partial charge in [0, 0.05) is 12.6 Å². The summed E-state index contributed by atoms with van der Waals surface area (Å²) in [4.78, 5) is 24.0. The van der Waals surface area contributed by atoms with Crippen LogP contribution in [0.15, 0.2) is 24.3 Å². The zero-order valence-electron chi connectivity index (χ0n) is 11.7. The van der Waals surface area contributed by atoms with Gasteiger partial charge in [0.2, 0.25) is 12.7 Å². The fraction of sp³-hybridized carbons (Fsp3) is 0.333. The number of aliphatic carboxylic acids is 1. The van der Waals surface area contributed by atoms with Crippen molar-refractivity contribution < 1.29 is 24.2 Å². The van der Waals surface area contributed by atoms with Crippen molar-refractivity contribution in [3.8, 4) is 11.5 Å². The molecule has 1 heterocycles. The van der Waals surface area contributed by atoms with Gasteiger partial charge in [0.25, 0.3) is 0 Å². The lowest BCUT2D eigenvalue weighted by Crippen LogP contribution is -2.35. The van der Waals surface area contributed by atoms with Gasteiger partial charge in [-0.05, 0) is 30.2 Å². The standard InChI is InChI=1S/C15H17NO5/c1-2-7-16(9-15(18)19)14(17)6-4-11-3-5-12-13(8-11)21-10-20-12/h3-6,8H,2,7,9-10H2,1H3,(H,18,19)/b6-4+. The van der Waals surface area contributed by atoms with Gasteiger partial charge in [0.05, 0.1) is 0 Å². The summed E-state index contributed by atoms with van der Waals surface area (Å²) in [5, 5.41) is 8.80. The van der Waals surface area contributed by atoms with Crippen molar-refractivity contribution in [3.63, 3.8) is 0 Å². The third-order valence-electron chi connectivity index (χ3n) is 2.95. The van der Waals surface area contributed by atoms with Crippen molar-refractivity contribution in [1.29, 1.82) is 0 Å². The van der Waals surface area contributed by atoms with E-state index in [-0.39, 0.29) is 19.2 Å². The Hall–Kier alpha value is -2.50. The van der Waals surface area contributed by atoms with Gasteiger partial charge in [-0.25, -0.2) is 0 Å². The summed E-state index contributed by atoms with van der Waals surface area (Å²) in [6.07, 6.45) is 3.71. The number of carbonyl (C=O) groups excluding carboxylic acids is 1. The molecule has 112 valence electrons. The van der Waals surface area contributed by atoms with E-state index in [1.807, 2.05) is 6.92 Å². The van der Waals surface area contributed by atoms with Crippen molar-refractivity contribution in [3.05, 3.63) is 29.8 Å². The van der Waals surface area contributed by atoms with E-state index in [4.69, 9.17) is 14.6 Å². The summed E-state index contributed by atoms with van der Waals surface area (Å²) in [6.45, 7) is 2.21. The molecule has 0 spiro atoms. The maximum absolute atomic E-state index is 12.0. The van der Waals surface area contributed by atoms with Crippen LogP contribution in [0.4, 0.5) is 0 Å². The molecule has 0 aliphatic carbocycles. The van der Waals surface area contributed by atoms with E-state index in [1.165, 1.54) is 11.0 Å². The summed E-state index contributed by atoms with van der Waals surface area (Å²) in [5.74, 6) is -0.0253. The van der Waals surface area contributed by atoms with Gasteiger partial charge in [0.1, 0.15) is 6.54 Å². The number of amides is 1. The highest BCUT2D eigenvalue weighted by molar-refractivity contribution is 5.93. The third-order valence-corrected chi connectivity index (χ3v) is 2.95. The van der Waals surface area contributed by atoms with Gasteiger partial charge in [-0.15, -0.1) is 0 Å². The van der Waals surface area contributed by atoms with Crippen LogP contribution >= 0.6 is 0 Å². The highest BCUT2D eigenvalue weighted by Crippen LogP contribution is 2.32. The van der Waals surface area contributed by atoms with Crippen LogP contribution in [0, 0.1) is 0 Å². The Morgan fingerprint density at radius 3 is 2.81 bits per heavy atom. The molecule has 21 heavy (non-hydrogen) atoms. The Labute approximate surface area is 122 Å². The van der Waals surface area contributed by atoms with Crippen LogP contribution in [0.3, 0.4) is 0 Å². The first kappa shape index (κ1) is 14.9. The topological polar surface area (TPSA) is 76.1 Å². The molecule has 0 bridgehead atoms. The van der Waals surface area contributed by atoms with Gasteiger partial charge < -0.3 is 19.5 Å². The molecule has 1 aliphatic rings. The van der Waals surface area contributed by atoms with Crippen LogP contribution in [-0.4, -0.2) is 41.8 Å². The van der Waals surface area contributed by atoms with Crippen molar-refractivity contribution in [2.24, 2.45) is 0 Å². The van der Waals surface area contributed by atoms with Crippen molar-refractivity contribution >= 4 is 18.0 Å². The summed E-state index contributed by atoms with van der Waals surface area (Å²) < 4.78 is 10.5. The van der Waals surface area contributed by atoms with Crippen LogP contribution in [0.1, 0.15) is 18.9 Å². The Morgan fingerprint density at radius 2 is 2.10 bits per heavy atom. The lowest BCUT2D eigenvalue weighted by atomic mass is 10.2. The second kappa shape index (κ2) is 6.78. The van der Waals surface area contributed by atoms with Crippen LogP contribution in [-0.2, 0) is 9.59 Å². The SMILES string of the molecule is CCCN(CC(=O)O)C(=O)/C=C/c1ccc2c(c1)OCO2. The molecule has 0 radical (unpaired) electrons. The highest BCUT2D eigenvalue weighted by Gasteiger charge is 2.14. The number of carbonyl (C=O) groups is 2. The van der Waals surface area contributed by atoms with Crippen LogP contribution in [0.2, 0.25) is 0 Å². The number of ether oxygens (including phenoxy) is 2. The number of benzene rings is 1. The average molecular weight is 291 g/mol. The van der Waals surface area contributed by atoms with Crippen molar-refractivity contribution in [2.45, 2.75) is 13.3 Å². The Kier molecular flexibility index (Phi) is 4.81. The number of rotatable bonds is 6. The third kappa shape index (κ3) is 3.98. The first-order chi connectivity index (χ1) is 10.1. The molecule has 0 fully saturated rings. The van der Waals surface area contributed by atoms with E-state index in [0.717, 1.165) is 5.56 Å². The molecule has 1 amide bonds. The average Bonchev–Trinajstić information content (AvgIpc) is 2.91. The molecule has 0 atom stereocenters. The minimum absolute atomic E-state index is 0.199. The Morgan fingerprint density at radius 1 is 1.33 bits per heavy atom. The fourth-order valence-electron chi connectivity index (χ4n) is 1.99. The van der Waals surface area contributed by atoms with Gasteiger partial charge in [-0.2, -0.15) is 0 Å². The van der Waals surface area contributed by atoms with Gasteiger partial charge >= 0.3 is 5.97 Å². The maximum Gasteiger partial charge on any atom is 0.323 e. The molecular formula is C15H17NO5. The van der Waals surface area contributed by atoms with Gasteiger partial charge in [0.15, 0.2) is 11.5 Å². The normalized spacial score (nSPS) is 12.6. The molecule has 0 saturated carbocycles. The summed E-state index contributed by atoms with van der Waals surface area (Å²) in [7, 11) is 0. The van der Waals surface area contributed by atoms with Crippen LogP contribution < -0.4 is 9.47 Å². The molecule has 0 unspecified atom stereocenters. The second-order valence-corrected chi connectivity index (χ2v) is 4.60. The van der Waals surface area contributed by atoms with Crippen LogP contribution in [0.25, 0.3) is 6.08 Å². The number of hydrogen-bond acceptors (Lipinski definition) is 4. The van der Waals surface area contributed by atoms with Crippen molar-refractivity contribution in [1.82, 2.24) is 4.90 Å². The lowest BCUT2D eigenvalue weighted by Gasteiger charge is -2.17. The predicted octanol–water partition coefficient (Wildman–Crippen LogP) is 1.75. The van der Waals surface area contributed by atoms with E-state index in [1.54, 1.807) is 24.3 Å². The Bertz CT molecular complexity index is 567. The minimum Gasteiger partial charge on any atom is -0.480 e. The Balaban J connectivity index is 2.04. The zero-order valence-corrected chi connectivity index (χ0v) is 11.7. The first-order valence-corrected chi connectivity index (χ1v) is 6.68. The fourth-order valence-corrected chi connectivity index (χ4v) is 1.99. The molecule has 6 heteroatoms. The number of fused-ring (bicyclic) bond motifs is 1. The molecule has 0 aromatic heterocycles. The smallest absolute Gasteiger partial charge is 0.323 e. The van der Waals surface area contributed by atoms with Gasteiger partial charge in [-0.1, -0.05) is 13.0 Å². The molecule has 6 nitrogen and oxygen atoms in total. The van der Waals surface area contributed by atoms with E-state index in [2.05, 4.69) is 0 Å². The summed E-state index contributed by atoms with van der Waals surface area (Å²) >= 11 is 0. The predicted molar refractivity (Wildman–Crippen MR) is 76.1 cm³/mol. The molecule has 1 aromatic rings. The second-order valence-electron chi connectivity index (χ2n) is 4.60. The van der Waals surface area contributed by atoms with Crippen LogP contribution in [0.5, 0.6) is 11.5 Å². The first-order valence-electron chi connectivity index (χ1n) is 6.68. The summed E-state index contributed by atoms with van der Waals surface area (Å²) in [5.41, 5.74) is 0.791. The number of nitrogens with zero attached hydrogens (tertiary/aromatic N) is 1. The van der Waals surface area contributed by atoms with E-state index in [0.29, 0.717) is 24.5 Å². The van der Waals surface area contributed by atoms with E-state index in [9.17, 15) is 9.59 Å². The number of carboxylic acid groups (broad SMARTS) is 1. The van der Waals surface area contributed by atoms with E-state index < -0.39 is 5.97 Å². The molecule has 1 N–H and O–H groups in total. The monoisotopic (exact) mass is 291 g/mol. The number of carboxylic acids is 1. The highest BCUT2D eigenvalue weighted by atomic mass is 16.7. The molecule has 1 aromatic carbocycles. The minimum atomic E-state index is -1.02. The van der Waals surface area contributed by atoms with E-state index >= 15 is 0 Å². The molecule has 0 saturated heterocycles.